The lowest BCUT2D eigenvalue weighted by Crippen LogP contribution is -1.98. The standard InChI is InChI=1S/C14H13N5O2/c1-2-21-14(20)4-3-10-6-16-12-7-17-13(5-11(10)12)19-9-15-8-18-19/h3-9,16H,2H2,1H3. The first kappa shape index (κ1) is 13.0. The van der Waals surface area contributed by atoms with E-state index in [4.69, 9.17) is 4.74 Å². The molecule has 0 saturated heterocycles. The maximum atomic E-state index is 11.4. The maximum Gasteiger partial charge on any atom is 0.330 e. The number of carbonyl (C=O) groups is 1. The molecule has 0 aliphatic heterocycles. The molecule has 0 aromatic carbocycles. The Balaban J connectivity index is 1.96. The van der Waals surface area contributed by atoms with E-state index in [1.807, 2.05) is 12.3 Å². The van der Waals surface area contributed by atoms with Gasteiger partial charge in [-0.15, -0.1) is 0 Å². The third-order valence-electron chi connectivity index (χ3n) is 2.92. The van der Waals surface area contributed by atoms with Crippen LogP contribution in [0.5, 0.6) is 0 Å². The van der Waals surface area contributed by atoms with Crippen molar-refractivity contribution in [2.24, 2.45) is 0 Å². The summed E-state index contributed by atoms with van der Waals surface area (Å²) in [4.78, 5) is 22.7. The molecule has 0 radical (unpaired) electrons. The van der Waals surface area contributed by atoms with Crippen molar-refractivity contribution in [3.8, 4) is 5.82 Å². The molecule has 0 spiro atoms. The number of H-pyrrole nitrogens is 1. The van der Waals surface area contributed by atoms with Crippen LogP contribution in [-0.2, 0) is 9.53 Å². The lowest BCUT2D eigenvalue weighted by atomic mass is 10.2. The average Bonchev–Trinajstić information content (AvgIpc) is 3.14. The molecule has 0 unspecified atom stereocenters. The lowest BCUT2D eigenvalue weighted by molar-refractivity contribution is -0.137. The Bertz CT molecular complexity index is 789. The summed E-state index contributed by atoms with van der Waals surface area (Å²) in [5.41, 5.74) is 1.75. The molecule has 0 bridgehead atoms. The number of aromatic amines is 1. The summed E-state index contributed by atoms with van der Waals surface area (Å²) in [5.74, 6) is 0.294. The van der Waals surface area contributed by atoms with Crippen LogP contribution in [0.3, 0.4) is 0 Å². The summed E-state index contributed by atoms with van der Waals surface area (Å²) in [7, 11) is 0. The number of aromatic nitrogens is 5. The molecule has 7 heteroatoms. The third kappa shape index (κ3) is 2.66. The smallest absolute Gasteiger partial charge is 0.330 e. The zero-order valence-corrected chi connectivity index (χ0v) is 11.4. The Morgan fingerprint density at radius 2 is 2.43 bits per heavy atom. The summed E-state index contributed by atoms with van der Waals surface area (Å²) >= 11 is 0. The van der Waals surface area contributed by atoms with E-state index in [2.05, 4.69) is 20.1 Å². The van der Waals surface area contributed by atoms with E-state index in [1.165, 1.54) is 12.4 Å². The van der Waals surface area contributed by atoms with E-state index < -0.39 is 0 Å². The number of fused-ring (bicyclic) bond motifs is 1. The second kappa shape index (κ2) is 5.58. The summed E-state index contributed by atoms with van der Waals surface area (Å²) in [6.45, 7) is 2.13. The Labute approximate surface area is 120 Å². The minimum absolute atomic E-state index is 0.359. The van der Waals surface area contributed by atoms with Crippen molar-refractivity contribution < 1.29 is 9.53 Å². The predicted octanol–water partition coefficient (Wildman–Crippen LogP) is 1.72. The van der Waals surface area contributed by atoms with Gasteiger partial charge in [-0.2, -0.15) is 5.10 Å². The summed E-state index contributed by atoms with van der Waals surface area (Å²) in [6, 6.07) is 1.88. The summed E-state index contributed by atoms with van der Waals surface area (Å²) < 4.78 is 6.44. The molecule has 0 saturated carbocycles. The van der Waals surface area contributed by atoms with Gasteiger partial charge in [-0.1, -0.05) is 0 Å². The van der Waals surface area contributed by atoms with Gasteiger partial charge in [0.15, 0.2) is 5.82 Å². The normalized spacial score (nSPS) is 11.3. The van der Waals surface area contributed by atoms with Crippen LogP contribution in [0.2, 0.25) is 0 Å². The minimum atomic E-state index is -0.364. The number of nitrogens with one attached hydrogen (secondary N) is 1. The second-order valence-corrected chi connectivity index (χ2v) is 4.26. The van der Waals surface area contributed by atoms with Crippen molar-refractivity contribution in [3.05, 3.63) is 42.8 Å². The summed E-state index contributed by atoms with van der Waals surface area (Å²) in [6.07, 6.45) is 9.67. The van der Waals surface area contributed by atoms with Gasteiger partial charge in [0.25, 0.3) is 0 Å². The van der Waals surface area contributed by atoms with Crippen molar-refractivity contribution in [2.75, 3.05) is 6.61 Å². The van der Waals surface area contributed by atoms with Gasteiger partial charge >= 0.3 is 5.97 Å². The monoisotopic (exact) mass is 283 g/mol. The van der Waals surface area contributed by atoms with Crippen LogP contribution in [-0.4, -0.2) is 37.3 Å². The first-order valence-corrected chi connectivity index (χ1v) is 6.45. The fourth-order valence-electron chi connectivity index (χ4n) is 1.97. The van der Waals surface area contributed by atoms with Crippen molar-refractivity contribution in [1.29, 1.82) is 0 Å². The lowest BCUT2D eigenvalue weighted by Gasteiger charge is -2.00. The molecular weight excluding hydrogens is 270 g/mol. The quantitative estimate of drug-likeness (QED) is 0.582. The Hall–Kier alpha value is -2.96. The molecule has 0 aliphatic carbocycles. The molecule has 0 atom stereocenters. The third-order valence-corrected chi connectivity index (χ3v) is 2.92. The Morgan fingerprint density at radius 3 is 3.19 bits per heavy atom. The van der Waals surface area contributed by atoms with Crippen molar-refractivity contribution in [2.45, 2.75) is 6.92 Å². The topological polar surface area (TPSA) is 85.7 Å². The molecule has 0 aliphatic rings. The SMILES string of the molecule is CCOC(=O)C=Cc1c[nH]c2cnc(-n3cncn3)cc12. The van der Waals surface area contributed by atoms with Crippen LogP contribution in [0.1, 0.15) is 12.5 Å². The van der Waals surface area contributed by atoms with Gasteiger partial charge in [-0.3, -0.25) is 0 Å². The van der Waals surface area contributed by atoms with Gasteiger partial charge in [0.2, 0.25) is 0 Å². The molecule has 3 heterocycles. The number of esters is 1. The molecule has 0 fully saturated rings. The molecular formula is C14H13N5O2. The number of rotatable bonds is 4. The Kier molecular flexibility index (Phi) is 3.46. The van der Waals surface area contributed by atoms with Crippen molar-refractivity contribution in [3.63, 3.8) is 0 Å². The van der Waals surface area contributed by atoms with Gasteiger partial charge in [0.05, 0.1) is 18.3 Å². The number of carbonyl (C=O) groups excluding carboxylic acids is 1. The van der Waals surface area contributed by atoms with Crippen molar-refractivity contribution in [1.82, 2.24) is 24.7 Å². The van der Waals surface area contributed by atoms with Gasteiger partial charge in [-0.25, -0.2) is 19.4 Å². The van der Waals surface area contributed by atoms with E-state index in [0.29, 0.717) is 12.4 Å². The molecule has 3 rings (SSSR count). The van der Waals surface area contributed by atoms with E-state index in [9.17, 15) is 4.79 Å². The van der Waals surface area contributed by atoms with Gasteiger partial charge in [-0.05, 0) is 19.1 Å². The van der Waals surface area contributed by atoms with Gasteiger partial charge in [0, 0.05) is 23.2 Å². The zero-order valence-electron chi connectivity index (χ0n) is 11.4. The van der Waals surface area contributed by atoms with Gasteiger partial charge in [0.1, 0.15) is 12.7 Å². The first-order chi connectivity index (χ1) is 10.3. The molecule has 3 aromatic heterocycles. The van der Waals surface area contributed by atoms with E-state index in [1.54, 1.807) is 30.2 Å². The highest BCUT2D eigenvalue weighted by Crippen LogP contribution is 2.20. The van der Waals surface area contributed by atoms with Crippen LogP contribution in [0.4, 0.5) is 0 Å². The molecule has 1 N–H and O–H groups in total. The van der Waals surface area contributed by atoms with Crippen LogP contribution < -0.4 is 0 Å². The highest BCUT2D eigenvalue weighted by molar-refractivity contribution is 5.94. The number of ether oxygens (including phenoxy) is 1. The van der Waals surface area contributed by atoms with Crippen molar-refractivity contribution >= 4 is 22.9 Å². The van der Waals surface area contributed by atoms with Gasteiger partial charge < -0.3 is 9.72 Å². The van der Waals surface area contributed by atoms with E-state index in [-0.39, 0.29) is 5.97 Å². The minimum Gasteiger partial charge on any atom is -0.463 e. The second-order valence-electron chi connectivity index (χ2n) is 4.26. The van der Waals surface area contributed by atoms with Crippen LogP contribution in [0.25, 0.3) is 22.8 Å². The number of hydrogen-bond acceptors (Lipinski definition) is 5. The molecule has 0 amide bonds. The highest BCUT2D eigenvalue weighted by atomic mass is 16.5. The zero-order chi connectivity index (χ0) is 14.7. The van der Waals surface area contributed by atoms with Crippen LogP contribution in [0.15, 0.2) is 37.2 Å². The average molecular weight is 283 g/mol. The number of hydrogen-bond donors (Lipinski definition) is 1. The predicted molar refractivity (Wildman–Crippen MR) is 76.7 cm³/mol. The van der Waals surface area contributed by atoms with E-state index in [0.717, 1.165) is 16.5 Å². The Morgan fingerprint density at radius 1 is 1.52 bits per heavy atom. The fourth-order valence-corrected chi connectivity index (χ4v) is 1.97. The largest absolute Gasteiger partial charge is 0.463 e. The number of nitrogens with zero attached hydrogens (tertiary/aromatic N) is 4. The molecule has 106 valence electrons. The molecule has 7 nitrogen and oxygen atoms in total. The first-order valence-electron chi connectivity index (χ1n) is 6.45. The van der Waals surface area contributed by atoms with E-state index >= 15 is 0 Å². The number of pyridine rings is 1. The van der Waals surface area contributed by atoms with Crippen LogP contribution in [0, 0.1) is 0 Å². The maximum absolute atomic E-state index is 11.4. The fraction of sp³-hybridized carbons (Fsp3) is 0.143. The molecule has 21 heavy (non-hydrogen) atoms. The molecule has 3 aromatic rings. The van der Waals surface area contributed by atoms with Crippen LogP contribution >= 0.6 is 0 Å². The summed E-state index contributed by atoms with van der Waals surface area (Å²) in [5, 5.41) is 4.99. The highest BCUT2D eigenvalue weighted by Gasteiger charge is 2.06.